The molecule has 2 N–H and O–H groups in total. The summed E-state index contributed by atoms with van der Waals surface area (Å²) in [5.41, 5.74) is 0.181. The van der Waals surface area contributed by atoms with Crippen LogP contribution in [-0.4, -0.2) is 38.4 Å². The highest BCUT2D eigenvalue weighted by Gasteiger charge is 2.20. The van der Waals surface area contributed by atoms with Crippen molar-refractivity contribution < 1.29 is 22.7 Å². The Morgan fingerprint density at radius 1 is 1.22 bits per heavy atom. The van der Waals surface area contributed by atoms with Crippen LogP contribution in [0.15, 0.2) is 47.5 Å². The molecule has 0 aliphatic rings. The van der Waals surface area contributed by atoms with Gasteiger partial charge in [-0.05, 0) is 24.3 Å². The van der Waals surface area contributed by atoms with E-state index in [9.17, 15) is 18.0 Å². The fraction of sp³-hybridized carbons (Fsp3) is 0.125. The number of rotatable bonds is 7. The second-order valence-electron chi connectivity index (χ2n) is 4.98. The minimum atomic E-state index is -4.09. The van der Waals surface area contributed by atoms with E-state index in [0.29, 0.717) is 0 Å². The molecule has 0 aliphatic carbocycles. The molecule has 140 valence electrons. The summed E-state index contributed by atoms with van der Waals surface area (Å²) in [4.78, 5) is 26.9. The summed E-state index contributed by atoms with van der Waals surface area (Å²) in [5.74, 6) is -1.64. The SMILES string of the molecule is N#Cc1ccccc1S(=O)(=O)NCC(=O)OCC(=O)Nc1cccnc1Cl. The Morgan fingerprint density at radius 2 is 1.96 bits per heavy atom. The number of nitriles is 1. The predicted octanol–water partition coefficient (Wildman–Crippen LogP) is 1.07. The Hall–Kier alpha value is -3.00. The molecule has 0 saturated heterocycles. The zero-order valence-corrected chi connectivity index (χ0v) is 15.2. The van der Waals surface area contributed by atoms with E-state index in [-0.39, 0.29) is 21.3 Å². The van der Waals surface area contributed by atoms with Gasteiger partial charge in [0.25, 0.3) is 5.91 Å². The van der Waals surface area contributed by atoms with Crippen molar-refractivity contribution in [2.24, 2.45) is 0 Å². The highest BCUT2D eigenvalue weighted by atomic mass is 35.5. The Bertz CT molecular complexity index is 1000. The number of amides is 1. The number of benzene rings is 1. The quantitative estimate of drug-likeness (QED) is 0.516. The molecule has 0 aliphatic heterocycles. The molecule has 0 radical (unpaired) electrons. The number of esters is 1. The molecule has 1 heterocycles. The number of hydrogen-bond donors (Lipinski definition) is 2. The minimum Gasteiger partial charge on any atom is -0.455 e. The molecule has 27 heavy (non-hydrogen) atoms. The van der Waals surface area contributed by atoms with Gasteiger partial charge in [0.05, 0.1) is 16.1 Å². The van der Waals surface area contributed by atoms with Crippen LogP contribution in [0.3, 0.4) is 0 Å². The van der Waals surface area contributed by atoms with Crippen LogP contribution < -0.4 is 10.0 Å². The lowest BCUT2D eigenvalue weighted by Crippen LogP contribution is -2.32. The molecule has 2 aromatic rings. The highest BCUT2D eigenvalue weighted by Crippen LogP contribution is 2.17. The van der Waals surface area contributed by atoms with Crippen LogP contribution in [0.25, 0.3) is 0 Å². The summed E-state index contributed by atoms with van der Waals surface area (Å²) in [5, 5.41) is 11.4. The Labute approximate surface area is 160 Å². The van der Waals surface area contributed by atoms with Gasteiger partial charge in [0.2, 0.25) is 10.0 Å². The smallest absolute Gasteiger partial charge is 0.321 e. The zero-order valence-electron chi connectivity index (χ0n) is 13.7. The third-order valence-electron chi connectivity index (χ3n) is 3.10. The number of carbonyl (C=O) groups is 2. The number of halogens is 1. The first-order chi connectivity index (χ1) is 12.8. The van der Waals surface area contributed by atoms with Crippen molar-refractivity contribution in [1.29, 1.82) is 5.26 Å². The fourth-order valence-corrected chi connectivity index (χ4v) is 3.18. The maximum absolute atomic E-state index is 12.2. The number of nitrogens with one attached hydrogen (secondary N) is 2. The summed E-state index contributed by atoms with van der Waals surface area (Å²) >= 11 is 5.78. The van der Waals surface area contributed by atoms with Gasteiger partial charge in [0.1, 0.15) is 12.6 Å². The monoisotopic (exact) mass is 408 g/mol. The van der Waals surface area contributed by atoms with E-state index in [1.807, 2.05) is 4.72 Å². The molecule has 1 amide bonds. The van der Waals surface area contributed by atoms with Gasteiger partial charge >= 0.3 is 5.97 Å². The molecule has 9 nitrogen and oxygen atoms in total. The van der Waals surface area contributed by atoms with E-state index in [4.69, 9.17) is 21.6 Å². The lowest BCUT2D eigenvalue weighted by Gasteiger charge is -2.09. The fourth-order valence-electron chi connectivity index (χ4n) is 1.89. The first-order valence-corrected chi connectivity index (χ1v) is 9.24. The van der Waals surface area contributed by atoms with Crippen molar-refractivity contribution >= 4 is 39.2 Å². The molecule has 0 saturated carbocycles. The maximum Gasteiger partial charge on any atom is 0.321 e. The first kappa shape index (κ1) is 20.3. The van der Waals surface area contributed by atoms with Gasteiger partial charge in [-0.1, -0.05) is 23.7 Å². The van der Waals surface area contributed by atoms with Gasteiger partial charge in [-0.2, -0.15) is 9.98 Å². The molecule has 11 heteroatoms. The third kappa shape index (κ3) is 5.75. The minimum absolute atomic E-state index is 0.0638. The van der Waals surface area contributed by atoms with Crippen molar-refractivity contribution in [1.82, 2.24) is 9.71 Å². The topological polar surface area (TPSA) is 138 Å². The third-order valence-corrected chi connectivity index (χ3v) is 4.86. The molecule has 1 aromatic carbocycles. The van der Waals surface area contributed by atoms with Crippen molar-refractivity contribution in [2.75, 3.05) is 18.5 Å². The molecule has 0 fully saturated rings. The van der Waals surface area contributed by atoms with Crippen LogP contribution >= 0.6 is 11.6 Å². The Kier molecular flexibility index (Phi) is 6.84. The van der Waals surface area contributed by atoms with Gasteiger partial charge in [0.15, 0.2) is 11.8 Å². The number of pyridine rings is 1. The lowest BCUT2D eigenvalue weighted by atomic mass is 10.2. The lowest BCUT2D eigenvalue weighted by molar-refractivity contribution is -0.146. The van der Waals surface area contributed by atoms with Crippen LogP contribution in [-0.2, 0) is 24.3 Å². The number of nitrogens with zero attached hydrogens (tertiary/aromatic N) is 2. The molecule has 1 aromatic heterocycles. The second kappa shape index (κ2) is 9.09. The highest BCUT2D eigenvalue weighted by molar-refractivity contribution is 7.89. The molecular formula is C16H13ClN4O5S. The number of hydrogen-bond acceptors (Lipinski definition) is 7. The van der Waals surface area contributed by atoms with Crippen molar-refractivity contribution in [2.45, 2.75) is 4.90 Å². The van der Waals surface area contributed by atoms with E-state index in [0.717, 1.165) is 0 Å². The van der Waals surface area contributed by atoms with Gasteiger partial charge in [-0.15, -0.1) is 0 Å². The van der Waals surface area contributed by atoms with Crippen LogP contribution in [0.1, 0.15) is 5.56 Å². The summed E-state index contributed by atoms with van der Waals surface area (Å²) in [7, 11) is -4.09. The number of ether oxygens (including phenoxy) is 1. The second-order valence-corrected chi connectivity index (χ2v) is 7.08. The molecule has 0 unspecified atom stereocenters. The van der Waals surface area contributed by atoms with Crippen LogP contribution in [0.4, 0.5) is 5.69 Å². The average Bonchev–Trinajstić information content (AvgIpc) is 2.66. The molecule has 2 rings (SSSR count). The standard InChI is InChI=1S/C16H13ClN4O5S/c17-16-12(5-3-7-19-16)21-14(22)10-26-15(23)9-20-27(24,25)13-6-2-1-4-11(13)8-18/h1-7,20H,9-10H2,(H,21,22). The van der Waals surface area contributed by atoms with Gasteiger partial charge in [-0.25, -0.2) is 13.4 Å². The van der Waals surface area contributed by atoms with E-state index >= 15 is 0 Å². The largest absolute Gasteiger partial charge is 0.455 e. The zero-order chi connectivity index (χ0) is 19.9. The van der Waals surface area contributed by atoms with Crippen LogP contribution in [0.5, 0.6) is 0 Å². The number of anilines is 1. The number of carbonyl (C=O) groups excluding carboxylic acids is 2. The first-order valence-electron chi connectivity index (χ1n) is 7.38. The van der Waals surface area contributed by atoms with Crippen molar-refractivity contribution in [3.63, 3.8) is 0 Å². The summed E-state index contributed by atoms with van der Waals surface area (Å²) in [6, 6.07) is 10.3. The van der Waals surface area contributed by atoms with E-state index < -0.39 is 35.1 Å². The summed E-state index contributed by atoms with van der Waals surface area (Å²) < 4.78 is 31.0. The Morgan fingerprint density at radius 3 is 2.67 bits per heavy atom. The van der Waals surface area contributed by atoms with Gasteiger partial charge in [-0.3, -0.25) is 9.59 Å². The normalized spacial score (nSPS) is 10.7. The van der Waals surface area contributed by atoms with Gasteiger partial charge < -0.3 is 10.1 Å². The maximum atomic E-state index is 12.2. The van der Waals surface area contributed by atoms with Gasteiger partial charge in [0, 0.05) is 6.20 Å². The molecule has 0 atom stereocenters. The molecule has 0 spiro atoms. The molecular weight excluding hydrogens is 396 g/mol. The predicted molar refractivity (Wildman–Crippen MR) is 95.2 cm³/mol. The van der Waals surface area contributed by atoms with Crippen molar-refractivity contribution in [3.8, 4) is 6.07 Å². The van der Waals surface area contributed by atoms with E-state index in [1.54, 1.807) is 12.1 Å². The Balaban J connectivity index is 1.86. The number of sulfonamides is 1. The van der Waals surface area contributed by atoms with Crippen molar-refractivity contribution in [3.05, 3.63) is 53.3 Å². The van der Waals surface area contributed by atoms with Crippen LogP contribution in [0.2, 0.25) is 5.15 Å². The van der Waals surface area contributed by atoms with Crippen LogP contribution in [0, 0.1) is 11.3 Å². The molecule has 0 bridgehead atoms. The number of aromatic nitrogens is 1. The average molecular weight is 409 g/mol. The summed E-state index contributed by atoms with van der Waals surface area (Å²) in [6.45, 7) is -1.34. The van der Waals surface area contributed by atoms with E-state index in [2.05, 4.69) is 10.3 Å². The summed E-state index contributed by atoms with van der Waals surface area (Å²) in [6.07, 6.45) is 1.44. The van der Waals surface area contributed by atoms with E-state index in [1.165, 1.54) is 36.5 Å².